The summed E-state index contributed by atoms with van der Waals surface area (Å²) in [6.45, 7) is 4.43. The Morgan fingerprint density at radius 2 is 1.49 bits per heavy atom. The monoisotopic (exact) mass is 498 g/mol. The fourth-order valence-electron chi connectivity index (χ4n) is 4.44. The molecule has 8 nitrogen and oxygen atoms in total. The highest BCUT2D eigenvalue weighted by Gasteiger charge is 2.38. The highest BCUT2D eigenvalue weighted by molar-refractivity contribution is 5.74. The van der Waals surface area contributed by atoms with Crippen LogP contribution in [-0.2, 0) is 23.9 Å². The molecule has 0 aliphatic carbocycles. The minimum absolute atomic E-state index is 0.140. The number of carboxylic acid groups (broad SMARTS) is 1. The molecule has 1 aliphatic heterocycles. The lowest BCUT2D eigenvalue weighted by atomic mass is 10.1. The van der Waals surface area contributed by atoms with Crippen molar-refractivity contribution in [1.29, 1.82) is 0 Å². The molecule has 35 heavy (non-hydrogen) atoms. The number of carbonyl (C=O) groups excluding carboxylic acids is 2. The van der Waals surface area contributed by atoms with E-state index < -0.39 is 12.0 Å². The number of esters is 2. The Labute approximate surface area is 212 Å². The van der Waals surface area contributed by atoms with Crippen molar-refractivity contribution in [1.82, 2.24) is 9.80 Å². The molecule has 0 bridgehead atoms. The molecule has 0 amide bonds. The number of carbonyl (C=O) groups is 3. The van der Waals surface area contributed by atoms with Gasteiger partial charge in [0.25, 0.3) is 0 Å². The van der Waals surface area contributed by atoms with Gasteiger partial charge in [-0.1, -0.05) is 64.7 Å². The second-order valence-corrected chi connectivity index (χ2v) is 10.1. The molecule has 1 unspecified atom stereocenters. The van der Waals surface area contributed by atoms with Gasteiger partial charge in [-0.15, -0.1) is 0 Å². The number of unbranched alkanes of at least 4 members (excludes halogenated alkanes) is 10. The van der Waals surface area contributed by atoms with Gasteiger partial charge in [0.1, 0.15) is 12.1 Å². The molecule has 0 aromatic rings. The van der Waals surface area contributed by atoms with Crippen LogP contribution in [0.15, 0.2) is 0 Å². The average molecular weight is 499 g/mol. The maximum absolute atomic E-state index is 12.0. The number of nitrogens with zero attached hydrogens (tertiary/aromatic N) is 2. The molecule has 0 spiro atoms. The van der Waals surface area contributed by atoms with E-state index in [4.69, 9.17) is 9.47 Å². The summed E-state index contributed by atoms with van der Waals surface area (Å²) in [6, 6.07) is -0.622. The Morgan fingerprint density at radius 1 is 0.857 bits per heavy atom. The van der Waals surface area contributed by atoms with E-state index in [-0.39, 0.29) is 18.0 Å². The summed E-state index contributed by atoms with van der Waals surface area (Å²) in [5.74, 6) is -1.30. The van der Waals surface area contributed by atoms with Gasteiger partial charge in [0.15, 0.2) is 0 Å². The second-order valence-electron chi connectivity index (χ2n) is 10.1. The fraction of sp³-hybridized carbons (Fsp3) is 0.889. The predicted octanol–water partition coefficient (Wildman–Crippen LogP) is 4.64. The summed E-state index contributed by atoms with van der Waals surface area (Å²) in [6.07, 6.45) is 14.2. The Balaban J connectivity index is 2.08. The van der Waals surface area contributed by atoms with Crippen LogP contribution in [0.25, 0.3) is 0 Å². The van der Waals surface area contributed by atoms with Gasteiger partial charge in [-0.2, -0.15) is 0 Å². The minimum Gasteiger partial charge on any atom is -0.480 e. The Morgan fingerprint density at radius 3 is 2.11 bits per heavy atom. The smallest absolute Gasteiger partial charge is 0.321 e. The van der Waals surface area contributed by atoms with Gasteiger partial charge in [0, 0.05) is 25.9 Å². The summed E-state index contributed by atoms with van der Waals surface area (Å²) >= 11 is 0. The molecule has 2 atom stereocenters. The van der Waals surface area contributed by atoms with Crippen molar-refractivity contribution in [2.24, 2.45) is 0 Å². The van der Waals surface area contributed by atoms with Crippen LogP contribution in [0, 0.1) is 0 Å². The quantitative estimate of drug-likeness (QED) is 0.181. The van der Waals surface area contributed by atoms with Crippen LogP contribution in [0.4, 0.5) is 0 Å². The number of ether oxygens (including phenoxy) is 2. The van der Waals surface area contributed by atoms with E-state index in [1.165, 1.54) is 44.9 Å². The molecule has 1 fully saturated rings. The number of carboxylic acids is 1. The van der Waals surface area contributed by atoms with Crippen molar-refractivity contribution in [3.63, 3.8) is 0 Å². The number of hydrogen-bond acceptors (Lipinski definition) is 7. The largest absolute Gasteiger partial charge is 0.480 e. The third-order valence-electron chi connectivity index (χ3n) is 6.55. The Hall–Kier alpha value is -1.67. The van der Waals surface area contributed by atoms with Gasteiger partial charge in [-0.3, -0.25) is 19.3 Å². The van der Waals surface area contributed by atoms with E-state index in [9.17, 15) is 19.5 Å². The molecule has 1 N–H and O–H groups in total. The predicted molar refractivity (Wildman–Crippen MR) is 137 cm³/mol. The zero-order chi connectivity index (χ0) is 25.9. The molecular formula is C27H50N2O6. The molecule has 1 aliphatic rings. The summed E-state index contributed by atoms with van der Waals surface area (Å²) < 4.78 is 10.8. The van der Waals surface area contributed by atoms with Gasteiger partial charge < -0.3 is 19.5 Å². The van der Waals surface area contributed by atoms with Crippen molar-refractivity contribution >= 4 is 17.9 Å². The maximum atomic E-state index is 12.0. The lowest BCUT2D eigenvalue weighted by molar-refractivity contribution is -0.149. The van der Waals surface area contributed by atoms with Crippen molar-refractivity contribution in [2.45, 2.75) is 115 Å². The van der Waals surface area contributed by atoms with Crippen LogP contribution in [0.5, 0.6) is 0 Å². The van der Waals surface area contributed by atoms with Crippen LogP contribution in [0.1, 0.15) is 103 Å². The molecular weight excluding hydrogens is 448 g/mol. The Kier molecular flexibility index (Phi) is 17.5. The highest BCUT2D eigenvalue weighted by Crippen LogP contribution is 2.22. The normalized spacial score (nSPS) is 18.2. The maximum Gasteiger partial charge on any atom is 0.321 e. The van der Waals surface area contributed by atoms with Gasteiger partial charge in [-0.05, 0) is 39.9 Å². The van der Waals surface area contributed by atoms with Crippen LogP contribution >= 0.6 is 0 Å². The molecule has 1 rings (SSSR count). The van der Waals surface area contributed by atoms with Gasteiger partial charge in [0.2, 0.25) is 0 Å². The van der Waals surface area contributed by atoms with E-state index in [2.05, 4.69) is 6.92 Å². The molecule has 0 saturated carbocycles. The fourth-order valence-corrected chi connectivity index (χ4v) is 4.44. The van der Waals surface area contributed by atoms with E-state index in [0.29, 0.717) is 45.5 Å². The number of rotatable bonds is 21. The zero-order valence-corrected chi connectivity index (χ0v) is 22.5. The first-order valence-corrected chi connectivity index (χ1v) is 13.8. The van der Waals surface area contributed by atoms with Gasteiger partial charge in [0.05, 0.1) is 13.0 Å². The van der Waals surface area contributed by atoms with Crippen molar-refractivity contribution in [2.75, 3.05) is 40.3 Å². The van der Waals surface area contributed by atoms with E-state index in [1.807, 2.05) is 23.9 Å². The van der Waals surface area contributed by atoms with Crippen LogP contribution in [0.2, 0.25) is 0 Å². The Bertz CT molecular complexity index is 598. The zero-order valence-electron chi connectivity index (χ0n) is 22.5. The highest BCUT2D eigenvalue weighted by atomic mass is 16.5. The van der Waals surface area contributed by atoms with Crippen molar-refractivity contribution < 1.29 is 29.0 Å². The molecule has 8 heteroatoms. The summed E-state index contributed by atoms with van der Waals surface area (Å²) in [5.41, 5.74) is 0. The standard InChI is InChI=1S/C27H50N2O6/c1-4-5-6-7-8-9-10-11-15-20-34-25(30)16-13-12-14-18-29-22-23(21-24(29)27(32)33)35-26(31)17-19-28(2)3/h23-24H,4-22H2,1-3H3,(H,32,33)/t23?,24-/m0/s1. The van der Waals surface area contributed by atoms with Gasteiger partial charge in [-0.25, -0.2) is 0 Å². The summed E-state index contributed by atoms with van der Waals surface area (Å²) in [4.78, 5) is 39.3. The molecule has 0 radical (unpaired) electrons. The number of likely N-dealkylation sites (tertiary alicyclic amines) is 1. The third-order valence-corrected chi connectivity index (χ3v) is 6.55. The topological polar surface area (TPSA) is 96.4 Å². The van der Waals surface area contributed by atoms with Crippen molar-refractivity contribution in [3.8, 4) is 0 Å². The molecule has 1 heterocycles. The average Bonchev–Trinajstić information content (AvgIpc) is 3.21. The van der Waals surface area contributed by atoms with Crippen LogP contribution in [-0.4, -0.2) is 85.3 Å². The molecule has 0 aromatic heterocycles. The SMILES string of the molecule is CCCCCCCCCCCOC(=O)CCCCCN1CC(OC(=O)CCN(C)C)C[C@H]1C(=O)O. The lowest BCUT2D eigenvalue weighted by Gasteiger charge is -2.20. The van der Waals surface area contributed by atoms with Crippen LogP contribution < -0.4 is 0 Å². The first kappa shape index (κ1) is 31.4. The molecule has 1 saturated heterocycles. The van der Waals surface area contributed by atoms with Crippen molar-refractivity contribution in [3.05, 3.63) is 0 Å². The van der Waals surface area contributed by atoms with E-state index in [0.717, 1.165) is 32.1 Å². The van der Waals surface area contributed by atoms with E-state index >= 15 is 0 Å². The molecule has 204 valence electrons. The van der Waals surface area contributed by atoms with E-state index in [1.54, 1.807) is 0 Å². The second kappa shape index (κ2) is 19.5. The number of aliphatic carboxylic acids is 1. The first-order chi connectivity index (χ1) is 16.8. The van der Waals surface area contributed by atoms with Crippen LogP contribution in [0.3, 0.4) is 0 Å². The lowest BCUT2D eigenvalue weighted by Crippen LogP contribution is -2.36. The summed E-state index contributed by atoms with van der Waals surface area (Å²) in [7, 11) is 3.78. The first-order valence-electron chi connectivity index (χ1n) is 13.8. The van der Waals surface area contributed by atoms with Gasteiger partial charge >= 0.3 is 17.9 Å². The summed E-state index contributed by atoms with van der Waals surface area (Å²) in [5, 5.41) is 9.53. The third kappa shape index (κ3) is 15.8. The number of hydrogen-bond donors (Lipinski definition) is 1. The minimum atomic E-state index is -0.878. The molecule has 0 aromatic carbocycles.